The van der Waals surface area contributed by atoms with Crippen molar-refractivity contribution < 1.29 is 32.6 Å². The van der Waals surface area contributed by atoms with Gasteiger partial charge in [-0.3, -0.25) is 9.59 Å². The second-order valence-corrected chi connectivity index (χ2v) is 9.88. The van der Waals surface area contributed by atoms with Crippen molar-refractivity contribution in [3.8, 4) is 23.0 Å². The Bertz CT molecular complexity index is 1610. The summed E-state index contributed by atoms with van der Waals surface area (Å²) in [4.78, 5) is 30.4. The largest absolute Gasteiger partial charge is 0.496 e. The molecule has 1 aromatic heterocycles. The lowest BCUT2D eigenvalue weighted by atomic mass is 10.0. The van der Waals surface area contributed by atoms with Crippen molar-refractivity contribution in [2.24, 2.45) is 5.41 Å². The smallest absolute Gasteiger partial charge is 0.240 e. The molecular formula is C29H25F2N3O5S. The van der Waals surface area contributed by atoms with Crippen molar-refractivity contribution >= 4 is 45.9 Å². The number of benzene rings is 3. The van der Waals surface area contributed by atoms with E-state index in [1.165, 1.54) is 62.4 Å². The normalized spacial score (nSPS) is 13.4. The van der Waals surface area contributed by atoms with Gasteiger partial charge in [0.15, 0.2) is 23.1 Å². The van der Waals surface area contributed by atoms with Gasteiger partial charge in [-0.25, -0.2) is 13.8 Å². The van der Waals surface area contributed by atoms with E-state index in [0.29, 0.717) is 46.0 Å². The van der Waals surface area contributed by atoms with E-state index in [1.54, 1.807) is 18.2 Å². The molecule has 5 rings (SSSR count). The van der Waals surface area contributed by atoms with Crippen LogP contribution in [0.1, 0.15) is 12.8 Å². The highest BCUT2D eigenvalue weighted by atomic mass is 32.2. The molecule has 11 heteroatoms. The number of aromatic nitrogens is 1. The fourth-order valence-electron chi connectivity index (χ4n) is 4.29. The molecule has 0 unspecified atom stereocenters. The topological polar surface area (TPSA) is 98.8 Å². The minimum atomic E-state index is -1.28. The summed E-state index contributed by atoms with van der Waals surface area (Å²) in [5.41, 5.74) is -0.172. The van der Waals surface area contributed by atoms with E-state index >= 15 is 4.39 Å². The third kappa shape index (κ3) is 5.12. The summed E-state index contributed by atoms with van der Waals surface area (Å²) in [7, 11) is 2.98. The third-order valence-electron chi connectivity index (χ3n) is 6.59. The molecule has 3 aromatic carbocycles. The zero-order chi connectivity index (χ0) is 28.4. The summed E-state index contributed by atoms with van der Waals surface area (Å²) in [6, 6.07) is 14.5. The van der Waals surface area contributed by atoms with E-state index in [9.17, 15) is 14.0 Å². The number of carbonyl (C=O) groups is 2. The lowest BCUT2D eigenvalue weighted by Gasteiger charge is -2.18. The summed E-state index contributed by atoms with van der Waals surface area (Å²) < 4.78 is 45.6. The van der Waals surface area contributed by atoms with Gasteiger partial charge in [0, 0.05) is 17.4 Å². The number of amides is 2. The second kappa shape index (κ2) is 11.0. The van der Waals surface area contributed by atoms with Crippen LogP contribution in [-0.4, -0.2) is 37.3 Å². The standard InChI is InChI=1S/C29H25F2N3O5S/c1-37-22-6-4-5-20-23(22)24(25(38-2)26(34-20)40-3)39-21-12-11-18(15-19(21)31)33-28(36)29(13-14-29)27(35)32-17-9-7-16(30)8-10-17/h4-12,15H,13-14H2,1-3H3,(H,32,35)(H,33,36). The summed E-state index contributed by atoms with van der Waals surface area (Å²) in [5, 5.41) is 6.33. The molecule has 0 aliphatic heterocycles. The highest BCUT2D eigenvalue weighted by molar-refractivity contribution is 7.98. The minimum Gasteiger partial charge on any atom is -0.496 e. The number of halogens is 2. The first-order valence-corrected chi connectivity index (χ1v) is 13.5. The maximum absolute atomic E-state index is 15.3. The Kier molecular flexibility index (Phi) is 7.49. The minimum absolute atomic E-state index is 0.114. The highest BCUT2D eigenvalue weighted by Crippen LogP contribution is 2.48. The van der Waals surface area contributed by atoms with Crippen LogP contribution in [0.4, 0.5) is 20.2 Å². The third-order valence-corrected chi connectivity index (χ3v) is 7.26. The van der Waals surface area contributed by atoms with Gasteiger partial charge in [0.25, 0.3) is 0 Å². The molecule has 4 aromatic rings. The molecule has 2 amide bonds. The molecule has 1 aliphatic carbocycles. The van der Waals surface area contributed by atoms with E-state index in [4.69, 9.17) is 14.2 Å². The Morgan fingerprint density at radius 1 is 0.875 bits per heavy atom. The van der Waals surface area contributed by atoms with Gasteiger partial charge in [0.05, 0.1) is 25.1 Å². The van der Waals surface area contributed by atoms with Gasteiger partial charge in [-0.1, -0.05) is 6.07 Å². The molecule has 0 saturated heterocycles. The quantitative estimate of drug-likeness (QED) is 0.179. The van der Waals surface area contributed by atoms with Gasteiger partial charge in [0.2, 0.25) is 11.8 Å². The molecule has 206 valence electrons. The zero-order valence-electron chi connectivity index (χ0n) is 21.8. The predicted molar refractivity (Wildman–Crippen MR) is 148 cm³/mol. The predicted octanol–water partition coefficient (Wildman–Crippen LogP) is 6.40. The van der Waals surface area contributed by atoms with Crippen molar-refractivity contribution in [2.75, 3.05) is 31.1 Å². The van der Waals surface area contributed by atoms with Crippen molar-refractivity contribution in [3.63, 3.8) is 0 Å². The number of fused-ring (bicyclic) bond motifs is 1. The monoisotopic (exact) mass is 565 g/mol. The number of rotatable bonds is 9. The van der Waals surface area contributed by atoms with Gasteiger partial charge >= 0.3 is 0 Å². The number of ether oxygens (including phenoxy) is 3. The molecule has 1 fully saturated rings. The van der Waals surface area contributed by atoms with Crippen LogP contribution >= 0.6 is 11.8 Å². The van der Waals surface area contributed by atoms with Crippen LogP contribution in [-0.2, 0) is 9.59 Å². The van der Waals surface area contributed by atoms with Gasteiger partial charge in [0.1, 0.15) is 22.0 Å². The van der Waals surface area contributed by atoms with Crippen LogP contribution in [0.2, 0.25) is 0 Å². The lowest BCUT2D eigenvalue weighted by molar-refractivity contribution is -0.131. The van der Waals surface area contributed by atoms with E-state index in [1.807, 2.05) is 6.26 Å². The van der Waals surface area contributed by atoms with Gasteiger partial charge in [-0.05, 0) is 67.6 Å². The molecule has 8 nitrogen and oxygen atoms in total. The Morgan fingerprint density at radius 3 is 2.15 bits per heavy atom. The molecule has 2 N–H and O–H groups in total. The number of anilines is 2. The summed E-state index contributed by atoms with van der Waals surface area (Å²) in [6.07, 6.45) is 2.51. The van der Waals surface area contributed by atoms with Crippen LogP contribution in [0, 0.1) is 17.0 Å². The molecule has 0 radical (unpaired) electrons. The van der Waals surface area contributed by atoms with Crippen molar-refractivity contribution in [2.45, 2.75) is 17.9 Å². The number of nitrogens with one attached hydrogen (secondary N) is 2. The number of nitrogens with zero attached hydrogens (tertiary/aromatic N) is 1. The average Bonchev–Trinajstić information content (AvgIpc) is 3.77. The van der Waals surface area contributed by atoms with Crippen LogP contribution < -0.4 is 24.8 Å². The van der Waals surface area contributed by atoms with Crippen molar-refractivity contribution in [3.05, 3.63) is 72.3 Å². The fraction of sp³-hybridized carbons (Fsp3) is 0.207. The van der Waals surface area contributed by atoms with Crippen LogP contribution in [0.5, 0.6) is 23.0 Å². The number of pyridine rings is 1. The number of carbonyl (C=O) groups excluding carboxylic acids is 2. The van der Waals surface area contributed by atoms with E-state index < -0.39 is 28.9 Å². The van der Waals surface area contributed by atoms with E-state index in [-0.39, 0.29) is 17.2 Å². The molecule has 1 heterocycles. The lowest BCUT2D eigenvalue weighted by Crippen LogP contribution is -2.35. The molecular weight excluding hydrogens is 540 g/mol. The zero-order valence-corrected chi connectivity index (χ0v) is 22.7. The van der Waals surface area contributed by atoms with E-state index in [0.717, 1.165) is 6.07 Å². The molecule has 1 aliphatic rings. The first-order chi connectivity index (χ1) is 19.3. The average molecular weight is 566 g/mol. The molecule has 1 saturated carbocycles. The second-order valence-electron chi connectivity index (χ2n) is 9.08. The number of hydrogen-bond donors (Lipinski definition) is 2. The first-order valence-electron chi connectivity index (χ1n) is 12.2. The van der Waals surface area contributed by atoms with Crippen LogP contribution in [0.3, 0.4) is 0 Å². The van der Waals surface area contributed by atoms with Gasteiger partial charge in [-0.15, -0.1) is 11.8 Å². The maximum atomic E-state index is 15.3. The molecule has 0 bridgehead atoms. The van der Waals surface area contributed by atoms with Gasteiger partial charge in [-0.2, -0.15) is 0 Å². The van der Waals surface area contributed by atoms with E-state index in [2.05, 4.69) is 15.6 Å². The number of thioether (sulfide) groups is 1. The van der Waals surface area contributed by atoms with Crippen LogP contribution in [0.25, 0.3) is 10.9 Å². The fourth-order valence-corrected chi connectivity index (χ4v) is 4.84. The Labute approximate surface area is 233 Å². The first kappa shape index (κ1) is 27.2. The molecule has 40 heavy (non-hydrogen) atoms. The summed E-state index contributed by atoms with van der Waals surface area (Å²) >= 11 is 1.35. The Hall–Kier alpha value is -4.38. The Balaban J connectivity index is 1.38. The maximum Gasteiger partial charge on any atom is 0.240 e. The van der Waals surface area contributed by atoms with Crippen LogP contribution in [0.15, 0.2) is 65.7 Å². The number of methoxy groups -OCH3 is 2. The number of hydrogen-bond acceptors (Lipinski definition) is 7. The van der Waals surface area contributed by atoms with Crippen molar-refractivity contribution in [1.29, 1.82) is 0 Å². The molecule has 0 spiro atoms. The Morgan fingerprint density at radius 2 is 1.55 bits per heavy atom. The molecule has 0 atom stereocenters. The summed E-state index contributed by atoms with van der Waals surface area (Å²) in [6.45, 7) is 0. The summed E-state index contributed by atoms with van der Waals surface area (Å²) in [5.74, 6) is -1.33. The SMILES string of the molecule is COc1c(SC)nc2cccc(OC)c2c1Oc1ccc(NC(=O)C2(C(=O)Nc3ccc(F)cc3)CC2)cc1F. The van der Waals surface area contributed by atoms with Crippen molar-refractivity contribution in [1.82, 2.24) is 4.98 Å². The van der Waals surface area contributed by atoms with Gasteiger partial charge < -0.3 is 24.8 Å². The highest BCUT2D eigenvalue weighted by Gasteiger charge is 2.56.